The lowest BCUT2D eigenvalue weighted by atomic mass is 9.76. The van der Waals surface area contributed by atoms with Crippen LogP contribution in [0.2, 0.25) is 0 Å². The molecule has 0 bridgehead atoms. The van der Waals surface area contributed by atoms with Crippen LogP contribution in [0.25, 0.3) is 0 Å². The van der Waals surface area contributed by atoms with Crippen molar-refractivity contribution in [3.8, 4) is 0 Å². The molecule has 3 heteroatoms. The lowest BCUT2D eigenvalue weighted by molar-refractivity contribution is 0.277. The molecule has 1 aromatic heterocycles. The summed E-state index contributed by atoms with van der Waals surface area (Å²) in [6.45, 7) is 4.29. The third-order valence-electron chi connectivity index (χ3n) is 3.18. The van der Waals surface area contributed by atoms with Crippen molar-refractivity contribution in [1.82, 2.24) is 4.98 Å². The second kappa shape index (κ2) is 3.49. The van der Waals surface area contributed by atoms with E-state index in [4.69, 9.17) is 5.11 Å². The Balaban J connectivity index is 2.46. The molecule has 82 valence electrons. The number of aryl methyl sites for hydroxylation is 1. The van der Waals surface area contributed by atoms with Crippen LogP contribution in [0.15, 0.2) is 10.9 Å². The minimum absolute atomic E-state index is 0.143. The first-order valence-electron chi connectivity index (χ1n) is 5.37. The minimum atomic E-state index is -0.178. The summed E-state index contributed by atoms with van der Waals surface area (Å²) in [6, 6.07) is 1.86. The highest BCUT2D eigenvalue weighted by molar-refractivity contribution is 5.28. The highest BCUT2D eigenvalue weighted by Gasteiger charge is 2.26. The van der Waals surface area contributed by atoms with Gasteiger partial charge in [0.25, 0.3) is 5.56 Å². The van der Waals surface area contributed by atoms with Gasteiger partial charge in [-0.2, -0.15) is 0 Å². The molecule has 1 aliphatic rings. The van der Waals surface area contributed by atoms with Crippen LogP contribution in [0.4, 0.5) is 0 Å². The predicted molar refractivity (Wildman–Crippen MR) is 58.8 cm³/mol. The number of hydrogen-bond donors (Lipinski definition) is 2. The van der Waals surface area contributed by atoms with Crippen LogP contribution in [-0.4, -0.2) is 10.1 Å². The van der Waals surface area contributed by atoms with Gasteiger partial charge >= 0.3 is 0 Å². The summed E-state index contributed by atoms with van der Waals surface area (Å²) < 4.78 is 0. The van der Waals surface area contributed by atoms with Crippen LogP contribution in [-0.2, 0) is 19.4 Å². The van der Waals surface area contributed by atoms with Gasteiger partial charge in [0.1, 0.15) is 0 Å². The summed E-state index contributed by atoms with van der Waals surface area (Å²) in [5.41, 5.74) is 2.88. The van der Waals surface area contributed by atoms with Crippen molar-refractivity contribution in [2.75, 3.05) is 0 Å². The quantitative estimate of drug-likeness (QED) is 0.731. The molecule has 0 atom stereocenters. The largest absolute Gasteiger partial charge is 0.391 e. The predicted octanol–water partition coefficient (Wildman–Crippen LogP) is 1.38. The molecule has 1 heterocycles. The van der Waals surface area contributed by atoms with Crippen molar-refractivity contribution >= 4 is 0 Å². The molecular weight excluding hydrogens is 190 g/mol. The summed E-state index contributed by atoms with van der Waals surface area (Å²) in [5, 5.41) is 9.03. The Morgan fingerprint density at radius 1 is 1.53 bits per heavy atom. The van der Waals surface area contributed by atoms with Gasteiger partial charge in [0.2, 0.25) is 0 Å². The number of pyridine rings is 1. The first kappa shape index (κ1) is 10.4. The number of aromatic amines is 1. The molecule has 0 radical (unpaired) electrons. The zero-order valence-corrected chi connectivity index (χ0v) is 9.26. The smallest absolute Gasteiger partial charge is 0.253 e. The Morgan fingerprint density at radius 2 is 2.27 bits per heavy atom. The highest BCUT2D eigenvalue weighted by Crippen LogP contribution is 2.33. The maximum atomic E-state index is 11.5. The second-order valence-electron chi connectivity index (χ2n) is 5.13. The number of H-pyrrole nitrogens is 1. The fourth-order valence-corrected chi connectivity index (χ4v) is 2.23. The van der Waals surface area contributed by atoms with Gasteiger partial charge in [0.05, 0.1) is 6.61 Å². The summed E-state index contributed by atoms with van der Waals surface area (Å²) in [7, 11) is 0. The van der Waals surface area contributed by atoms with Crippen molar-refractivity contribution in [2.45, 2.75) is 39.7 Å². The third kappa shape index (κ3) is 1.97. The van der Waals surface area contributed by atoms with E-state index < -0.39 is 0 Å². The first-order valence-corrected chi connectivity index (χ1v) is 5.37. The number of aliphatic hydroxyl groups excluding tert-OH is 1. The summed E-state index contributed by atoms with van der Waals surface area (Å²) in [6.07, 6.45) is 3.02. The number of fused-ring (bicyclic) bond motifs is 1. The zero-order valence-electron chi connectivity index (χ0n) is 9.26. The van der Waals surface area contributed by atoms with E-state index in [-0.39, 0.29) is 12.2 Å². The van der Waals surface area contributed by atoms with Gasteiger partial charge in [-0.05, 0) is 36.3 Å². The van der Waals surface area contributed by atoms with E-state index in [0.29, 0.717) is 11.0 Å². The van der Waals surface area contributed by atoms with Crippen molar-refractivity contribution in [3.05, 3.63) is 33.2 Å². The molecule has 15 heavy (non-hydrogen) atoms. The van der Waals surface area contributed by atoms with E-state index in [9.17, 15) is 4.79 Å². The van der Waals surface area contributed by atoms with E-state index in [1.165, 1.54) is 5.56 Å². The average molecular weight is 207 g/mol. The molecule has 0 saturated carbocycles. The fourth-order valence-electron chi connectivity index (χ4n) is 2.23. The second-order valence-corrected chi connectivity index (χ2v) is 5.13. The Kier molecular flexibility index (Phi) is 2.43. The summed E-state index contributed by atoms with van der Waals surface area (Å²) in [5.74, 6) is 0. The SMILES string of the molecule is CC1(C)CCc2[nH]c(=O)c(CO)cc2C1. The van der Waals surface area contributed by atoms with Crippen molar-refractivity contribution in [2.24, 2.45) is 5.41 Å². The molecule has 0 aromatic carbocycles. The molecule has 1 aromatic rings. The maximum absolute atomic E-state index is 11.5. The summed E-state index contributed by atoms with van der Waals surface area (Å²) >= 11 is 0. The molecule has 1 aliphatic carbocycles. The van der Waals surface area contributed by atoms with E-state index in [2.05, 4.69) is 18.8 Å². The van der Waals surface area contributed by atoms with Gasteiger partial charge in [0.15, 0.2) is 0 Å². The van der Waals surface area contributed by atoms with Crippen LogP contribution in [0.3, 0.4) is 0 Å². The molecule has 0 fully saturated rings. The van der Waals surface area contributed by atoms with Gasteiger partial charge in [-0.1, -0.05) is 13.8 Å². The van der Waals surface area contributed by atoms with Crippen LogP contribution in [0.5, 0.6) is 0 Å². The maximum Gasteiger partial charge on any atom is 0.253 e. The average Bonchev–Trinajstić information content (AvgIpc) is 2.17. The normalized spacial score (nSPS) is 18.6. The lowest BCUT2D eigenvalue weighted by Gasteiger charge is -2.31. The number of rotatable bonds is 1. The minimum Gasteiger partial charge on any atom is -0.391 e. The van der Waals surface area contributed by atoms with Gasteiger partial charge < -0.3 is 10.1 Å². The number of nitrogens with one attached hydrogen (secondary N) is 1. The topological polar surface area (TPSA) is 53.1 Å². The molecule has 0 unspecified atom stereocenters. The molecule has 0 amide bonds. The van der Waals surface area contributed by atoms with Crippen LogP contribution >= 0.6 is 0 Å². The van der Waals surface area contributed by atoms with Gasteiger partial charge in [0, 0.05) is 11.3 Å². The Labute approximate surface area is 89.2 Å². The Hall–Kier alpha value is -1.09. The molecule has 0 spiro atoms. The molecule has 3 nitrogen and oxygen atoms in total. The van der Waals surface area contributed by atoms with Gasteiger partial charge in [-0.25, -0.2) is 0 Å². The van der Waals surface area contributed by atoms with Gasteiger partial charge in [-0.15, -0.1) is 0 Å². The standard InChI is InChI=1S/C12H17NO2/c1-12(2)4-3-10-8(6-12)5-9(7-14)11(15)13-10/h5,14H,3-4,6-7H2,1-2H3,(H,13,15). The van der Waals surface area contributed by atoms with Crippen molar-refractivity contribution in [3.63, 3.8) is 0 Å². The van der Waals surface area contributed by atoms with Crippen LogP contribution in [0, 0.1) is 5.41 Å². The highest BCUT2D eigenvalue weighted by atomic mass is 16.3. The Bertz CT molecular complexity index is 432. The third-order valence-corrected chi connectivity index (χ3v) is 3.18. The molecule has 0 aliphatic heterocycles. The first-order chi connectivity index (χ1) is 7.02. The molecule has 2 rings (SSSR count). The summed E-state index contributed by atoms with van der Waals surface area (Å²) in [4.78, 5) is 14.3. The molecular formula is C12H17NO2. The van der Waals surface area contributed by atoms with E-state index in [1.807, 2.05) is 6.07 Å². The van der Waals surface area contributed by atoms with Crippen LogP contribution < -0.4 is 5.56 Å². The van der Waals surface area contributed by atoms with E-state index >= 15 is 0 Å². The Morgan fingerprint density at radius 3 is 2.93 bits per heavy atom. The van der Waals surface area contributed by atoms with E-state index in [1.54, 1.807) is 0 Å². The van der Waals surface area contributed by atoms with Crippen molar-refractivity contribution in [1.29, 1.82) is 0 Å². The van der Waals surface area contributed by atoms with Crippen LogP contribution in [0.1, 0.15) is 37.1 Å². The van der Waals surface area contributed by atoms with E-state index in [0.717, 1.165) is 25.0 Å². The van der Waals surface area contributed by atoms with Gasteiger partial charge in [-0.3, -0.25) is 4.79 Å². The fraction of sp³-hybridized carbons (Fsp3) is 0.583. The number of aliphatic hydroxyl groups is 1. The zero-order chi connectivity index (χ0) is 11.1. The molecule has 0 saturated heterocycles. The molecule has 2 N–H and O–H groups in total. The lowest BCUT2D eigenvalue weighted by Crippen LogP contribution is -2.26. The monoisotopic (exact) mass is 207 g/mol. The number of aromatic nitrogens is 1. The van der Waals surface area contributed by atoms with Crippen molar-refractivity contribution < 1.29 is 5.11 Å². The number of hydrogen-bond acceptors (Lipinski definition) is 2.